The summed E-state index contributed by atoms with van der Waals surface area (Å²) in [7, 11) is 0. The topological polar surface area (TPSA) is 41.1 Å². The van der Waals surface area contributed by atoms with Gasteiger partial charge < -0.3 is 10.6 Å². The Morgan fingerprint density at radius 3 is 2.72 bits per heavy atom. The van der Waals surface area contributed by atoms with Crippen LogP contribution in [-0.4, -0.2) is 25.0 Å². The number of hydrogen-bond acceptors (Lipinski definition) is 2. The lowest BCUT2D eigenvalue weighted by molar-refractivity contribution is -0.122. The highest BCUT2D eigenvalue weighted by molar-refractivity contribution is 5.76. The molecule has 3 heteroatoms. The Bertz CT molecular complexity index is 225. The summed E-state index contributed by atoms with van der Waals surface area (Å²) in [6.07, 6.45) is 9.11. The molecule has 0 spiro atoms. The van der Waals surface area contributed by atoms with Gasteiger partial charge in [0.15, 0.2) is 0 Å². The van der Waals surface area contributed by atoms with Crippen LogP contribution in [0.3, 0.4) is 0 Å². The van der Waals surface area contributed by atoms with E-state index in [-0.39, 0.29) is 5.91 Å². The smallest absolute Gasteiger partial charge is 0.220 e. The number of nitrogens with one attached hydrogen (secondary N) is 2. The van der Waals surface area contributed by atoms with Crippen molar-refractivity contribution in [3.63, 3.8) is 0 Å². The molecule has 0 aromatic rings. The molecule has 106 valence electrons. The van der Waals surface area contributed by atoms with E-state index in [9.17, 15) is 4.79 Å². The molecule has 1 amide bonds. The number of amides is 1. The number of carbonyl (C=O) groups excluding carboxylic acids is 1. The molecule has 3 nitrogen and oxygen atoms in total. The minimum absolute atomic E-state index is 0.248. The Kier molecular flexibility index (Phi) is 8.06. The van der Waals surface area contributed by atoms with Gasteiger partial charge in [-0.2, -0.15) is 0 Å². The monoisotopic (exact) mass is 254 g/mol. The molecular weight excluding hydrogens is 224 g/mol. The molecule has 0 aromatic carbocycles. The van der Waals surface area contributed by atoms with Gasteiger partial charge in [0.05, 0.1) is 0 Å². The van der Waals surface area contributed by atoms with Gasteiger partial charge in [0, 0.05) is 12.5 Å². The third-order valence-corrected chi connectivity index (χ3v) is 3.89. The quantitative estimate of drug-likeness (QED) is 0.654. The first-order chi connectivity index (χ1) is 8.72. The van der Waals surface area contributed by atoms with Gasteiger partial charge >= 0.3 is 0 Å². The third kappa shape index (κ3) is 7.00. The molecule has 0 aromatic heterocycles. The van der Waals surface area contributed by atoms with Crippen molar-refractivity contribution in [3.05, 3.63) is 0 Å². The molecule has 1 saturated heterocycles. The van der Waals surface area contributed by atoms with Crippen molar-refractivity contribution in [1.82, 2.24) is 10.6 Å². The van der Waals surface area contributed by atoms with Crippen molar-refractivity contribution in [1.29, 1.82) is 0 Å². The molecular formula is C15H30N2O. The van der Waals surface area contributed by atoms with E-state index in [1.807, 2.05) is 0 Å². The second-order valence-electron chi connectivity index (χ2n) is 5.70. The average molecular weight is 254 g/mol. The number of hydrogen-bond donors (Lipinski definition) is 2. The van der Waals surface area contributed by atoms with Crippen LogP contribution in [0.25, 0.3) is 0 Å². The van der Waals surface area contributed by atoms with Gasteiger partial charge in [0.25, 0.3) is 0 Å². The van der Waals surface area contributed by atoms with E-state index in [1.54, 1.807) is 0 Å². The molecule has 1 aliphatic heterocycles. The largest absolute Gasteiger partial charge is 0.354 e. The SMILES string of the molecule is CCCCCC(C)NC(=O)CCC1CCNCC1. The van der Waals surface area contributed by atoms with Gasteiger partial charge in [-0.25, -0.2) is 0 Å². The second-order valence-corrected chi connectivity index (χ2v) is 5.70. The predicted molar refractivity (Wildman–Crippen MR) is 76.6 cm³/mol. The minimum atomic E-state index is 0.248. The van der Waals surface area contributed by atoms with E-state index >= 15 is 0 Å². The molecule has 2 N–H and O–H groups in total. The van der Waals surface area contributed by atoms with Crippen LogP contribution < -0.4 is 10.6 Å². The lowest BCUT2D eigenvalue weighted by atomic mass is 9.93. The van der Waals surface area contributed by atoms with Gasteiger partial charge in [-0.3, -0.25) is 4.79 Å². The maximum atomic E-state index is 11.8. The van der Waals surface area contributed by atoms with E-state index in [0.717, 1.165) is 31.8 Å². The molecule has 1 atom stereocenters. The minimum Gasteiger partial charge on any atom is -0.354 e. The summed E-state index contributed by atoms with van der Waals surface area (Å²) in [6.45, 7) is 6.58. The van der Waals surface area contributed by atoms with Crippen molar-refractivity contribution in [2.24, 2.45) is 5.92 Å². The number of unbranched alkanes of at least 4 members (excludes halogenated alkanes) is 2. The zero-order valence-electron chi connectivity index (χ0n) is 12.1. The van der Waals surface area contributed by atoms with Crippen molar-refractivity contribution in [3.8, 4) is 0 Å². The molecule has 1 aliphatic rings. The van der Waals surface area contributed by atoms with Gasteiger partial charge in [0.2, 0.25) is 5.91 Å². The maximum absolute atomic E-state index is 11.8. The van der Waals surface area contributed by atoms with Crippen LogP contribution in [0.4, 0.5) is 0 Å². The Hall–Kier alpha value is -0.570. The lowest BCUT2D eigenvalue weighted by Crippen LogP contribution is -2.33. The Labute approximate surface area is 112 Å². The first-order valence-electron chi connectivity index (χ1n) is 7.72. The zero-order valence-corrected chi connectivity index (χ0v) is 12.1. The van der Waals surface area contributed by atoms with Crippen LogP contribution in [0, 0.1) is 5.92 Å². The summed E-state index contributed by atoms with van der Waals surface area (Å²) >= 11 is 0. The Morgan fingerprint density at radius 2 is 2.06 bits per heavy atom. The highest BCUT2D eigenvalue weighted by Gasteiger charge is 2.15. The van der Waals surface area contributed by atoms with Gasteiger partial charge in [0.1, 0.15) is 0 Å². The highest BCUT2D eigenvalue weighted by atomic mass is 16.1. The van der Waals surface area contributed by atoms with Crippen molar-refractivity contribution < 1.29 is 4.79 Å². The van der Waals surface area contributed by atoms with E-state index in [4.69, 9.17) is 0 Å². The summed E-state index contributed by atoms with van der Waals surface area (Å²) in [5, 5.41) is 6.49. The number of rotatable bonds is 8. The van der Waals surface area contributed by atoms with Crippen LogP contribution in [0.2, 0.25) is 0 Å². The van der Waals surface area contributed by atoms with E-state index in [1.165, 1.54) is 32.1 Å². The van der Waals surface area contributed by atoms with Gasteiger partial charge in [-0.05, 0) is 51.6 Å². The van der Waals surface area contributed by atoms with Gasteiger partial charge in [-0.15, -0.1) is 0 Å². The first kappa shape index (κ1) is 15.5. The number of piperidine rings is 1. The van der Waals surface area contributed by atoms with Crippen molar-refractivity contribution >= 4 is 5.91 Å². The third-order valence-electron chi connectivity index (χ3n) is 3.89. The summed E-state index contributed by atoms with van der Waals surface area (Å²) in [5.74, 6) is 1.00. The van der Waals surface area contributed by atoms with E-state index in [2.05, 4.69) is 24.5 Å². The number of carbonyl (C=O) groups is 1. The molecule has 0 bridgehead atoms. The van der Waals surface area contributed by atoms with Crippen LogP contribution in [0.5, 0.6) is 0 Å². The van der Waals surface area contributed by atoms with Gasteiger partial charge in [-0.1, -0.05) is 26.2 Å². The molecule has 18 heavy (non-hydrogen) atoms. The normalized spacial score (nSPS) is 18.6. The van der Waals surface area contributed by atoms with Crippen LogP contribution in [-0.2, 0) is 4.79 Å². The molecule has 1 heterocycles. The summed E-state index contributed by atoms with van der Waals surface area (Å²) in [5.41, 5.74) is 0. The molecule has 1 rings (SSSR count). The fourth-order valence-electron chi connectivity index (χ4n) is 2.63. The van der Waals surface area contributed by atoms with Crippen LogP contribution in [0.15, 0.2) is 0 Å². The zero-order chi connectivity index (χ0) is 13.2. The maximum Gasteiger partial charge on any atom is 0.220 e. The average Bonchev–Trinajstić information content (AvgIpc) is 2.38. The van der Waals surface area contributed by atoms with Crippen molar-refractivity contribution in [2.75, 3.05) is 13.1 Å². The summed E-state index contributed by atoms with van der Waals surface area (Å²) in [6, 6.07) is 0.345. The molecule has 1 unspecified atom stereocenters. The van der Waals surface area contributed by atoms with Crippen molar-refractivity contribution in [2.45, 2.75) is 71.3 Å². The molecule has 0 saturated carbocycles. The van der Waals surface area contributed by atoms with Crippen LogP contribution >= 0.6 is 0 Å². The highest BCUT2D eigenvalue weighted by Crippen LogP contribution is 2.17. The Balaban J connectivity index is 2.05. The molecule has 1 fully saturated rings. The standard InChI is InChI=1S/C15H30N2O/c1-3-4-5-6-13(2)17-15(18)8-7-14-9-11-16-12-10-14/h13-14,16H,3-12H2,1-2H3,(H,17,18). The summed E-state index contributed by atoms with van der Waals surface area (Å²) in [4.78, 5) is 11.8. The fourth-order valence-corrected chi connectivity index (χ4v) is 2.63. The molecule has 0 radical (unpaired) electrons. The van der Waals surface area contributed by atoms with E-state index in [0.29, 0.717) is 12.5 Å². The van der Waals surface area contributed by atoms with E-state index < -0.39 is 0 Å². The molecule has 0 aliphatic carbocycles. The lowest BCUT2D eigenvalue weighted by Gasteiger charge is -2.22. The Morgan fingerprint density at radius 1 is 1.33 bits per heavy atom. The predicted octanol–water partition coefficient (Wildman–Crippen LogP) is 2.85. The van der Waals surface area contributed by atoms with Crippen LogP contribution in [0.1, 0.15) is 65.2 Å². The first-order valence-corrected chi connectivity index (χ1v) is 7.72. The summed E-state index contributed by atoms with van der Waals surface area (Å²) < 4.78 is 0. The second kappa shape index (κ2) is 9.37. The fraction of sp³-hybridized carbons (Fsp3) is 0.933.